The van der Waals surface area contributed by atoms with Crippen LogP contribution in [0.4, 0.5) is 5.13 Å². The summed E-state index contributed by atoms with van der Waals surface area (Å²) in [7, 11) is 0. The molecule has 6 nitrogen and oxygen atoms in total. The summed E-state index contributed by atoms with van der Waals surface area (Å²) in [5, 5.41) is 6.37. The highest BCUT2D eigenvalue weighted by Gasteiger charge is 2.15. The Bertz CT molecular complexity index is 1110. The zero-order chi connectivity index (χ0) is 21.0. The fourth-order valence-corrected chi connectivity index (χ4v) is 3.68. The number of nitrogens with zero attached hydrogens (tertiary/aromatic N) is 1. The van der Waals surface area contributed by atoms with Crippen LogP contribution in [0.15, 0.2) is 47.1 Å². The second kappa shape index (κ2) is 9.32. The lowest BCUT2D eigenvalue weighted by molar-refractivity contribution is 0.0977. The van der Waals surface area contributed by atoms with Crippen LogP contribution < -0.4 is 10.6 Å². The van der Waals surface area contributed by atoms with E-state index in [0.29, 0.717) is 32.0 Å². The van der Waals surface area contributed by atoms with Gasteiger partial charge in [-0.05, 0) is 61.6 Å². The van der Waals surface area contributed by atoms with Gasteiger partial charge in [-0.3, -0.25) is 14.9 Å². The number of rotatable bonds is 5. The molecule has 2 heterocycles. The molecule has 0 saturated heterocycles. The van der Waals surface area contributed by atoms with Gasteiger partial charge in [0.2, 0.25) is 0 Å². The van der Waals surface area contributed by atoms with Crippen molar-refractivity contribution in [1.82, 2.24) is 10.3 Å². The number of thiazole rings is 1. The van der Waals surface area contributed by atoms with E-state index in [4.69, 9.17) is 39.8 Å². The van der Waals surface area contributed by atoms with Crippen molar-refractivity contribution < 1.29 is 14.0 Å². The van der Waals surface area contributed by atoms with Gasteiger partial charge in [-0.2, -0.15) is 0 Å². The molecule has 2 N–H and O–H groups in total. The van der Waals surface area contributed by atoms with Gasteiger partial charge in [0.1, 0.15) is 5.76 Å². The van der Waals surface area contributed by atoms with Crippen LogP contribution in [-0.2, 0) is 0 Å². The Balaban J connectivity index is 1.63. The van der Waals surface area contributed by atoms with E-state index in [2.05, 4.69) is 15.6 Å². The van der Waals surface area contributed by atoms with Gasteiger partial charge in [-0.1, -0.05) is 34.5 Å². The normalized spacial score (nSPS) is 10.9. The Morgan fingerprint density at radius 2 is 2.03 bits per heavy atom. The number of carbonyl (C=O) groups is 2. The summed E-state index contributed by atoms with van der Waals surface area (Å²) in [5.41, 5.74) is 0.850. The molecule has 0 aliphatic rings. The van der Waals surface area contributed by atoms with Crippen LogP contribution in [0.25, 0.3) is 6.08 Å². The average Bonchev–Trinajstić information content (AvgIpc) is 3.31. The molecule has 0 aliphatic heterocycles. The van der Waals surface area contributed by atoms with Crippen LogP contribution in [-0.4, -0.2) is 21.8 Å². The highest BCUT2D eigenvalue weighted by atomic mass is 35.5. The number of amides is 1. The minimum Gasteiger partial charge on any atom is -0.465 e. The second-order valence-electron chi connectivity index (χ2n) is 5.68. The molecule has 29 heavy (non-hydrogen) atoms. The summed E-state index contributed by atoms with van der Waals surface area (Å²) in [4.78, 5) is 29.4. The minimum absolute atomic E-state index is 0.0416. The Labute approximate surface area is 185 Å². The number of benzene rings is 1. The maximum absolute atomic E-state index is 12.4. The molecular weight excluding hydrogens is 453 g/mol. The molecule has 0 aliphatic carbocycles. The van der Waals surface area contributed by atoms with Gasteiger partial charge in [0.15, 0.2) is 16.0 Å². The lowest BCUT2D eigenvalue weighted by Gasteiger charge is -2.07. The average molecular weight is 466 g/mol. The molecule has 0 atom stereocenters. The molecule has 148 valence electrons. The monoisotopic (exact) mass is 465 g/mol. The first-order chi connectivity index (χ1) is 13.8. The molecule has 0 radical (unpaired) electrons. The third-order valence-corrected chi connectivity index (χ3v) is 5.62. The molecule has 3 rings (SSSR count). The molecule has 0 bridgehead atoms. The van der Waals surface area contributed by atoms with Gasteiger partial charge >= 0.3 is 0 Å². The first kappa shape index (κ1) is 21.2. The number of hydrogen-bond donors (Lipinski definition) is 2. The number of aromatic nitrogens is 1. The van der Waals surface area contributed by atoms with Gasteiger partial charge in [0, 0.05) is 5.56 Å². The van der Waals surface area contributed by atoms with E-state index in [1.165, 1.54) is 30.5 Å². The molecule has 0 unspecified atom stereocenters. The van der Waals surface area contributed by atoms with Crippen molar-refractivity contribution in [3.05, 3.63) is 74.6 Å². The minimum atomic E-state index is -0.452. The number of ketones is 1. The molecule has 3 aromatic rings. The van der Waals surface area contributed by atoms with Crippen LogP contribution in [0, 0.1) is 6.92 Å². The van der Waals surface area contributed by atoms with Crippen molar-refractivity contribution in [2.45, 2.75) is 6.92 Å². The Kier molecular flexibility index (Phi) is 6.81. The summed E-state index contributed by atoms with van der Waals surface area (Å²) in [6.45, 7) is 1.72. The predicted octanol–water partition coefficient (Wildman–Crippen LogP) is 5.37. The first-order valence-electron chi connectivity index (χ1n) is 8.14. The zero-order valence-corrected chi connectivity index (χ0v) is 18.0. The predicted molar refractivity (Wildman–Crippen MR) is 119 cm³/mol. The first-order valence-corrected chi connectivity index (χ1v) is 10.1. The van der Waals surface area contributed by atoms with E-state index < -0.39 is 5.91 Å². The number of thiocarbonyl (C=S) groups is 1. The fraction of sp³-hybridized carbons (Fsp3) is 0.0526. The van der Waals surface area contributed by atoms with Crippen LogP contribution in [0.3, 0.4) is 0 Å². The number of aryl methyl sites for hydroxylation is 1. The van der Waals surface area contributed by atoms with Crippen molar-refractivity contribution in [1.29, 1.82) is 0 Å². The fourth-order valence-electron chi connectivity index (χ4n) is 2.24. The van der Waals surface area contributed by atoms with Crippen LogP contribution in [0.1, 0.15) is 31.5 Å². The molecule has 1 aromatic carbocycles. The van der Waals surface area contributed by atoms with E-state index in [-0.39, 0.29) is 15.9 Å². The molecule has 0 spiro atoms. The number of furan rings is 1. The second-order valence-corrected chi connectivity index (χ2v) is 7.91. The topological polar surface area (TPSA) is 84.2 Å². The largest absolute Gasteiger partial charge is 0.465 e. The van der Waals surface area contributed by atoms with Gasteiger partial charge < -0.3 is 9.73 Å². The molecule has 10 heteroatoms. The maximum Gasteiger partial charge on any atom is 0.257 e. The summed E-state index contributed by atoms with van der Waals surface area (Å²) >= 11 is 18.0. The number of allylic oxidation sites excluding steroid dienone is 1. The number of hydrogen-bond acceptors (Lipinski definition) is 6. The highest BCUT2D eigenvalue weighted by Crippen LogP contribution is 2.24. The van der Waals surface area contributed by atoms with Gasteiger partial charge in [-0.25, -0.2) is 4.98 Å². The third-order valence-electron chi connectivity index (χ3n) is 3.59. The van der Waals surface area contributed by atoms with Crippen molar-refractivity contribution in [2.75, 3.05) is 5.32 Å². The summed E-state index contributed by atoms with van der Waals surface area (Å²) < 4.78 is 5.16. The van der Waals surface area contributed by atoms with Gasteiger partial charge in [-0.15, -0.1) is 0 Å². The lowest BCUT2D eigenvalue weighted by Crippen LogP contribution is -2.34. The summed E-state index contributed by atoms with van der Waals surface area (Å²) in [6, 6.07) is 7.97. The van der Waals surface area contributed by atoms with Gasteiger partial charge in [0.05, 0.1) is 26.9 Å². The maximum atomic E-state index is 12.4. The van der Waals surface area contributed by atoms with Crippen LogP contribution >= 0.6 is 46.8 Å². The Morgan fingerprint density at radius 1 is 1.24 bits per heavy atom. The molecule has 1 amide bonds. The molecule has 0 saturated carbocycles. The molecule has 2 aromatic heterocycles. The van der Waals surface area contributed by atoms with E-state index >= 15 is 0 Å². The Hall–Kier alpha value is -2.52. The number of halogens is 2. The smallest absolute Gasteiger partial charge is 0.257 e. The third kappa shape index (κ3) is 5.51. The Morgan fingerprint density at radius 3 is 2.72 bits per heavy atom. The van der Waals surface area contributed by atoms with E-state index in [9.17, 15) is 9.59 Å². The number of nitrogens with one attached hydrogen (secondary N) is 2. The van der Waals surface area contributed by atoms with E-state index in [1.54, 1.807) is 25.1 Å². The quantitative estimate of drug-likeness (QED) is 0.299. The SMILES string of the molecule is Cc1nc(NC(=S)NC(=O)c2ccc(Cl)c(Cl)c2)sc1C(=O)C=Cc1ccco1. The zero-order valence-electron chi connectivity index (χ0n) is 14.9. The summed E-state index contributed by atoms with van der Waals surface area (Å²) in [6.07, 6.45) is 4.52. The van der Waals surface area contributed by atoms with Crippen molar-refractivity contribution in [2.24, 2.45) is 0 Å². The van der Waals surface area contributed by atoms with E-state index in [1.807, 2.05) is 0 Å². The van der Waals surface area contributed by atoms with Gasteiger partial charge in [0.25, 0.3) is 5.91 Å². The highest BCUT2D eigenvalue weighted by molar-refractivity contribution is 7.80. The van der Waals surface area contributed by atoms with Crippen LogP contribution in [0.2, 0.25) is 10.0 Å². The molecular formula is C19H13Cl2N3O3S2. The van der Waals surface area contributed by atoms with Crippen molar-refractivity contribution in [3.8, 4) is 0 Å². The number of anilines is 1. The van der Waals surface area contributed by atoms with E-state index in [0.717, 1.165) is 11.3 Å². The molecule has 0 fully saturated rings. The van der Waals surface area contributed by atoms with Crippen molar-refractivity contribution in [3.63, 3.8) is 0 Å². The number of carbonyl (C=O) groups excluding carboxylic acids is 2. The lowest BCUT2D eigenvalue weighted by atomic mass is 10.2. The van der Waals surface area contributed by atoms with Crippen molar-refractivity contribution >= 4 is 74.8 Å². The van der Waals surface area contributed by atoms with Crippen LogP contribution in [0.5, 0.6) is 0 Å². The standard InChI is InChI=1S/C19H13Cl2N3O3S2/c1-10-16(15(25)7-5-12-3-2-8-27-12)29-19(22-10)24-18(28)23-17(26)11-4-6-13(20)14(21)9-11/h2-9H,1H3,(H2,22,23,24,26,28). The summed E-state index contributed by atoms with van der Waals surface area (Å²) in [5.74, 6) is -0.0905.